The second-order valence-electron chi connectivity index (χ2n) is 12.8. The van der Waals surface area contributed by atoms with Crippen LogP contribution >= 0.6 is 0 Å². The monoisotopic (exact) mass is 606 g/mol. The highest BCUT2D eigenvalue weighted by molar-refractivity contribution is 5.99. The Hall–Kier alpha value is -4.14. The largest absolute Gasteiger partial charge is 0.480 e. The van der Waals surface area contributed by atoms with Gasteiger partial charge in [-0.05, 0) is 65.5 Å². The predicted octanol–water partition coefficient (Wildman–Crippen LogP) is 8.31. The van der Waals surface area contributed by atoms with E-state index in [0.29, 0.717) is 23.8 Å². The van der Waals surface area contributed by atoms with Crippen molar-refractivity contribution >= 4 is 22.6 Å². The molecule has 5 rings (SSSR count). The van der Waals surface area contributed by atoms with Gasteiger partial charge in [-0.15, -0.1) is 0 Å². The highest BCUT2D eigenvalue weighted by Gasteiger charge is 2.36. The van der Waals surface area contributed by atoms with E-state index in [2.05, 4.69) is 26.1 Å². The van der Waals surface area contributed by atoms with Crippen LogP contribution < -0.4 is 10.1 Å². The van der Waals surface area contributed by atoms with E-state index in [-0.39, 0.29) is 17.5 Å². The number of benzene rings is 2. The van der Waals surface area contributed by atoms with E-state index in [1.807, 2.05) is 42.5 Å². The molecule has 2 N–H and O–H groups in total. The van der Waals surface area contributed by atoms with Gasteiger partial charge in [0.25, 0.3) is 5.91 Å². The first-order valence-corrected chi connectivity index (χ1v) is 15.0. The van der Waals surface area contributed by atoms with Crippen LogP contribution in [0.15, 0.2) is 72.3 Å². The normalized spacial score (nSPS) is 18.2. The number of pyridine rings is 1. The van der Waals surface area contributed by atoms with E-state index in [0.717, 1.165) is 54.3 Å². The molecule has 3 aromatic rings. The average Bonchev–Trinajstić information content (AvgIpc) is 3.48. The van der Waals surface area contributed by atoms with Crippen molar-refractivity contribution in [3.8, 4) is 11.5 Å². The van der Waals surface area contributed by atoms with Gasteiger partial charge in [-0.25, -0.2) is 9.78 Å². The molecule has 1 fully saturated rings. The van der Waals surface area contributed by atoms with Gasteiger partial charge in [0.15, 0.2) is 0 Å². The van der Waals surface area contributed by atoms with Crippen molar-refractivity contribution in [1.29, 1.82) is 0 Å². The molecule has 1 unspecified atom stereocenters. The number of hydrogen-bond acceptors (Lipinski definition) is 4. The Kier molecular flexibility index (Phi) is 8.86. The summed E-state index contributed by atoms with van der Waals surface area (Å²) >= 11 is 0. The summed E-state index contributed by atoms with van der Waals surface area (Å²) in [7, 11) is 0. The number of allylic oxidation sites excluding steroid dienone is 3. The first kappa shape index (κ1) is 31.3. The van der Waals surface area contributed by atoms with Crippen LogP contribution in [-0.4, -0.2) is 34.2 Å². The molecule has 0 bridgehead atoms. The van der Waals surface area contributed by atoms with Crippen molar-refractivity contribution in [3.05, 3.63) is 89.3 Å². The molecule has 1 heterocycles. The Labute approximate surface area is 255 Å². The van der Waals surface area contributed by atoms with Crippen molar-refractivity contribution in [1.82, 2.24) is 10.3 Å². The molecule has 232 valence electrons. The van der Waals surface area contributed by atoms with Gasteiger partial charge in [-0.3, -0.25) is 4.79 Å². The third kappa shape index (κ3) is 7.31. The molecule has 2 aromatic carbocycles. The van der Waals surface area contributed by atoms with E-state index >= 15 is 0 Å². The standard InChI is InChI=1S/C35H37F3N2O4/c1-34(2,3)24-13-16-26(17-14-24)44-27-15-10-23-19-30(39-29(28(23)20-27)18-21-6-4-5-7-21)32(41)40-31(33(42)43)22-8-11-25(12-9-22)35(36,37)38/h8,10-17,19-22,31H,4-7,9,18H2,1-3H3,(H,40,41)(H,42,43)/t22?,31-/m0/s1. The minimum Gasteiger partial charge on any atom is -0.480 e. The van der Waals surface area contributed by atoms with Gasteiger partial charge in [0, 0.05) is 17.0 Å². The van der Waals surface area contributed by atoms with Crippen molar-refractivity contribution in [2.45, 2.75) is 76.9 Å². The van der Waals surface area contributed by atoms with Crippen molar-refractivity contribution in [3.63, 3.8) is 0 Å². The van der Waals surface area contributed by atoms with Crippen LogP contribution in [0.1, 0.15) is 74.6 Å². The molecular formula is C35H37F3N2O4. The lowest BCUT2D eigenvalue weighted by Crippen LogP contribution is -2.46. The molecule has 6 nitrogen and oxygen atoms in total. The number of halogens is 3. The first-order chi connectivity index (χ1) is 20.8. The fourth-order valence-corrected chi connectivity index (χ4v) is 5.94. The second-order valence-corrected chi connectivity index (χ2v) is 12.8. The Bertz CT molecular complexity index is 1600. The van der Waals surface area contributed by atoms with E-state index in [1.54, 1.807) is 6.07 Å². The Morgan fingerprint density at radius 1 is 1.02 bits per heavy atom. The number of ether oxygens (including phenoxy) is 1. The minimum atomic E-state index is -4.52. The SMILES string of the molecule is CC(C)(C)c1ccc(Oc2ccc3cc(C(=O)N[C@H](C(=O)O)C4C=CC(C(F)(F)F)=CC4)nc(CC4CCCC4)c3c2)cc1. The van der Waals surface area contributed by atoms with E-state index in [9.17, 15) is 27.9 Å². The zero-order valence-corrected chi connectivity index (χ0v) is 25.1. The summed E-state index contributed by atoms with van der Waals surface area (Å²) in [5.74, 6) is -1.10. The number of aromatic nitrogens is 1. The number of hydrogen-bond donors (Lipinski definition) is 2. The number of carboxylic acids is 1. The molecule has 44 heavy (non-hydrogen) atoms. The number of alkyl halides is 3. The summed E-state index contributed by atoms with van der Waals surface area (Å²) < 4.78 is 45.3. The fourth-order valence-electron chi connectivity index (χ4n) is 5.94. The maximum atomic E-state index is 13.4. The smallest absolute Gasteiger partial charge is 0.416 e. The van der Waals surface area contributed by atoms with Gasteiger partial charge in [0.05, 0.1) is 5.57 Å². The van der Waals surface area contributed by atoms with Crippen LogP contribution in [0.2, 0.25) is 0 Å². The fraction of sp³-hybridized carbons (Fsp3) is 0.400. The molecule has 1 saturated carbocycles. The summed E-state index contributed by atoms with van der Waals surface area (Å²) in [5.41, 5.74) is 1.19. The number of amides is 1. The minimum absolute atomic E-state index is 0.0254. The highest BCUT2D eigenvalue weighted by atomic mass is 19.4. The van der Waals surface area contributed by atoms with Gasteiger partial charge < -0.3 is 15.2 Å². The molecule has 2 aliphatic carbocycles. The van der Waals surface area contributed by atoms with Gasteiger partial charge in [-0.1, -0.05) is 82.9 Å². The summed E-state index contributed by atoms with van der Waals surface area (Å²) in [6.07, 6.45) is 3.42. The molecular weight excluding hydrogens is 569 g/mol. The lowest BCUT2D eigenvalue weighted by molar-refractivity contribution is -0.140. The highest BCUT2D eigenvalue weighted by Crippen LogP contribution is 2.34. The van der Waals surface area contributed by atoms with E-state index < -0.39 is 35.6 Å². The van der Waals surface area contributed by atoms with Gasteiger partial charge in [-0.2, -0.15) is 13.2 Å². The summed E-state index contributed by atoms with van der Waals surface area (Å²) in [4.78, 5) is 30.2. The third-order valence-electron chi connectivity index (χ3n) is 8.47. The van der Waals surface area contributed by atoms with Crippen LogP contribution in [-0.2, 0) is 16.6 Å². The topological polar surface area (TPSA) is 88.5 Å². The van der Waals surface area contributed by atoms with E-state index in [4.69, 9.17) is 9.72 Å². The number of nitrogens with zero attached hydrogens (tertiary/aromatic N) is 1. The maximum absolute atomic E-state index is 13.4. The number of carbonyl (C=O) groups excluding carboxylic acids is 1. The molecule has 0 saturated heterocycles. The van der Waals surface area contributed by atoms with Crippen LogP contribution in [0.5, 0.6) is 11.5 Å². The molecule has 1 aromatic heterocycles. The van der Waals surface area contributed by atoms with Crippen molar-refractivity contribution in [2.24, 2.45) is 11.8 Å². The average molecular weight is 607 g/mol. The summed E-state index contributed by atoms with van der Waals surface area (Å²) in [5, 5.41) is 14.0. The number of carboxylic acid groups (broad SMARTS) is 1. The Morgan fingerprint density at radius 3 is 2.30 bits per heavy atom. The molecule has 2 atom stereocenters. The number of carbonyl (C=O) groups is 2. The van der Waals surface area contributed by atoms with Crippen LogP contribution in [0.25, 0.3) is 10.8 Å². The number of aliphatic carboxylic acids is 1. The molecule has 1 amide bonds. The lowest BCUT2D eigenvalue weighted by Gasteiger charge is -2.24. The zero-order valence-electron chi connectivity index (χ0n) is 25.1. The Balaban J connectivity index is 1.41. The van der Waals surface area contributed by atoms with Gasteiger partial charge >= 0.3 is 12.1 Å². The maximum Gasteiger partial charge on any atom is 0.416 e. The quantitative estimate of drug-likeness (QED) is 0.269. The van der Waals surface area contributed by atoms with E-state index in [1.165, 1.54) is 11.6 Å². The van der Waals surface area contributed by atoms with Gasteiger partial charge in [0.2, 0.25) is 0 Å². The van der Waals surface area contributed by atoms with Crippen molar-refractivity contribution in [2.75, 3.05) is 0 Å². The number of nitrogens with one attached hydrogen (secondary N) is 1. The third-order valence-corrected chi connectivity index (χ3v) is 8.47. The van der Waals surface area contributed by atoms with Crippen LogP contribution in [0.3, 0.4) is 0 Å². The second kappa shape index (κ2) is 12.5. The summed E-state index contributed by atoms with van der Waals surface area (Å²) in [6, 6.07) is 13.8. The van der Waals surface area contributed by atoms with Crippen LogP contribution in [0.4, 0.5) is 13.2 Å². The lowest BCUT2D eigenvalue weighted by atomic mass is 9.87. The zero-order chi connectivity index (χ0) is 31.6. The molecule has 0 aliphatic heterocycles. The molecule has 9 heteroatoms. The molecule has 2 aliphatic rings. The van der Waals surface area contributed by atoms with Crippen molar-refractivity contribution < 1.29 is 32.6 Å². The number of fused-ring (bicyclic) bond motifs is 1. The number of rotatable bonds is 8. The summed E-state index contributed by atoms with van der Waals surface area (Å²) in [6.45, 7) is 6.45. The van der Waals surface area contributed by atoms with Gasteiger partial charge in [0.1, 0.15) is 23.2 Å². The van der Waals surface area contributed by atoms with Crippen LogP contribution in [0, 0.1) is 11.8 Å². The molecule has 0 radical (unpaired) electrons. The first-order valence-electron chi connectivity index (χ1n) is 15.0. The molecule has 0 spiro atoms. The Morgan fingerprint density at radius 2 is 1.70 bits per heavy atom. The predicted molar refractivity (Wildman–Crippen MR) is 163 cm³/mol.